The summed E-state index contributed by atoms with van der Waals surface area (Å²) in [4.78, 5) is 0.921. The van der Waals surface area contributed by atoms with E-state index in [0.29, 0.717) is 24.5 Å². The topological polar surface area (TPSA) is 63.4 Å². The van der Waals surface area contributed by atoms with Crippen molar-refractivity contribution >= 4 is 27.5 Å². The van der Waals surface area contributed by atoms with Gasteiger partial charge in [0.1, 0.15) is 0 Å². The van der Waals surface area contributed by atoms with Crippen LogP contribution < -0.4 is 5.73 Å². The van der Waals surface area contributed by atoms with Gasteiger partial charge >= 0.3 is 0 Å². The molecule has 4 nitrogen and oxygen atoms in total. The van der Waals surface area contributed by atoms with E-state index in [2.05, 4.69) is 6.58 Å². The van der Waals surface area contributed by atoms with E-state index < -0.39 is 10.0 Å². The molecule has 6 heteroatoms. The molecule has 2 N–H and O–H groups in total. The zero-order chi connectivity index (χ0) is 14.3. The fourth-order valence-corrected chi connectivity index (χ4v) is 4.37. The number of nitrogens with two attached hydrogens (primary N) is 1. The summed E-state index contributed by atoms with van der Waals surface area (Å²) in [7, 11) is -3.22. The van der Waals surface area contributed by atoms with Crippen molar-refractivity contribution in [3.05, 3.63) is 36.9 Å². The van der Waals surface area contributed by atoms with Crippen LogP contribution in [-0.4, -0.2) is 37.3 Å². The van der Waals surface area contributed by atoms with Crippen LogP contribution in [0, 0.1) is 0 Å². The van der Waals surface area contributed by atoms with Gasteiger partial charge < -0.3 is 5.73 Å². The van der Waals surface area contributed by atoms with Gasteiger partial charge in [0.2, 0.25) is 10.0 Å². The summed E-state index contributed by atoms with van der Waals surface area (Å²) in [6, 6.07) is 7.46. The third kappa shape index (κ3) is 4.89. The van der Waals surface area contributed by atoms with Crippen molar-refractivity contribution in [1.29, 1.82) is 0 Å². The van der Waals surface area contributed by atoms with Crippen molar-refractivity contribution < 1.29 is 8.42 Å². The minimum atomic E-state index is -3.22. The first-order valence-electron chi connectivity index (χ1n) is 6.07. The van der Waals surface area contributed by atoms with E-state index >= 15 is 0 Å². The second-order valence-electron chi connectivity index (χ2n) is 3.94. The van der Waals surface area contributed by atoms with Gasteiger partial charge in [0.05, 0.1) is 5.75 Å². The molecule has 106 valence electrons. The molecule has 1 rings (SSSR count). The Labute approximate surface area is 119 Å². The SMILES string of the molecule is C=CCN(CC)S(=O)(=O)CCSc1ccccc1N. The van der Waals surface area contributed by atoms with Crippen molar-refractivity contribution in [2.24, 2.45) is 0 Å². The zero-order valence-electron chi connectivity index (χ0n) is 11.1. The Morgan fingerprint density at radius 1 is 1.42 bits per heavy atom. The van der Waals surface area contributed by atoms with Gasteiger partial charge in [0, 0.05) is 29.4 Å². The molecule has 0 atom stereocenters. The fraction of sp³-hybridized carbons (Fsp3) is 0.385. The number of hydrogen-bond acceptors (Lipinski definition) is 4. The van der Waals surface area contributed by atoms with E-state index in [0.717, 1.165) is 4.90 Å². The maximum Gasteiger partial charge on any atom is 0.215 e. The van der Waals surface area contributed by atoms with Crippen LogP contribution in [0.1, 0.15) is 6.92 Å². The Kier molecular flexibility index (Phi) is 6.41. The quantitative estimate of drug-likeness (QED) is 0.454. The maximum absolute atomic E-state index is 12.1. The number of hydrogen-bond donors (Lipinski definition) is 1. The van der Waals surface area contributed by atoms with E-state index in [1.807, 2.05) is 31.2 Å². The summed E-state index contributed by atoms with van der Waals surface area (Å²) >= 11 is 1.46. The molecule has 0 heterocycles. The van der Waals surface area contributed by atoms with Crippen molar-refractivity contribution in [2.45, 2.75) is 11.8 Å². The molecule has 0 aliphatic heterocycles. The minimum Gasteiger partial charge on any atom is -0.398 e. The van der Waals surface area contributed by atoms with Crippen LogP contribution in [0.3, 0.4) is 0 Å². The van der Waals surface area contributed by atoms with Crippen LogP contribution in [0.2, 0.25) is 0 Å². The molecule has 0 spiro atoms. The molecular formula is C13H20N2O2S2. The van der Waals surface area contributed by atoms with Gasteiger partial charge in [-0.1, -0.05) is 25.1 Å². The summed E-state index contributed by atoms with van der Waals surface area (Å²) < 4.78 is 25.5. The number of nitrogen functional groups attached to an aromatic ring is 1. The predicted octanol–water partition coefficient (Wildman–Crippen LogP) is 2.20. The lowest BCUT2D eigenvalue weighted by molar-refractivity contribution is 0.461. The number of likely N-dealkylation sites (N-methyl/N-ethyl adjacent to an activating group) is 1. The number of thioether (sulfide) groups is 1. The molecule has 0 aromatic heterocycles. The van der Waals surface area contributed by atoms with E-state index in [9.17, 15) is 8.42 Å². The lowest BCUT2D eigenvalue weighted by Crippen LogP contribution is -2.33. The third-order valence-electron chi connectivity index (χ3n) is 2.60. The molecule has 0 fully saturated rings. The Morgan fingerprint density at radius 2 is 2.11 bits per heavy atom. The van der Waals surface area contributed by atoms with Crippen LogP contribution in [-0.2, 0) is 10.0 Å². The molecule has 1 aromatic carbocycles. The van der Waals surface area contributed by atoms with Crippen LogP contribution in [0.15, 0.2) is 41.8 Å². The maximum atomic E-state index is 12.1. The lowest BCUT2D eigenvalue weighted by atomic mass is 10.3. The minimum absolute atomic E-state index is 0.105. The van der Waals surface area contributed by atoms with Gasteiger partial charge in [-0.05, 0) is 12.1 Å². The Morgan fingerprint density at radius 3 is 2.68 bits per heavy atom. The molecule has 0 aliphatic carbocycles. The highest BCUT2D eigenvalue weighted by molar-refractivity contribution is 8.00. The second kappa shape index (κ2) is 7.57. The average Bonchev–Trinajstić information content (AvgIpc) is 2.38. The molecule has 0 radical (unpaired) electrons. The number of para-hydroxylation sites is 1. The van der Waals surface area contributed by atoms with E-state index in [1.54, 1.807) is 6.08 Å². The summed E-state index contributed by atoms with van der Waals surface area (Å²) in [5.74, 6) is 0.595. The summed E-state index contributed by atoms with van der Waals surface area (Å²) in [6.45, 7) is 6.22. The van der Waals surface area contributed by atoms with Crippen LogP contribution in [0.4, 0.5) is 5.69 Å². The second-order valence-corrected chi connectivity index (χ2v) is 7.17. The first-order chi connectivity index (χ1) is 9.01. The van der Waals surface area contributed by atoms with Gasteiger partial charge in [-0.25, -0.2) is 8.42 Å². The van der Waals surface area contributed by atoms with Crippen molar-refractivity contribution in [2.75, 3.05) is 30.3 Å². The molecule has 0 saturated carbocycles. The first kappa shape index (κ1) is 16.1. The summed E-state index contributed by atoms with van der Waals surface area (Å²) in [5.41, 5.74) is 6.49. The highest BCUT2D eigenvalue weighted by atomic mass is 32.2. The van der Waals surface area contributed by atoms with Gasteiger partial charge in [0.25, 0.3) is 0 Å². The van der Waals surface area contributed by atoms with Crippen LogP contribution in [0.5, 0.6) is 0 Å². The zero-order valence-corrected chi connectivity index (χ0v) is 12.7. The van der Waals surface area contributed by atoms with Gasteiger partial charge in [-0.15, -0.1) is 18.3 Å². The number of nitrogens with zero attached hydrogens (tertiary/aromatic N) is 1. The van der Waals surface area contributed by atoms with E-state index in [-0.39, 0.29) is 5.75 Å². The molecule has 0 unspecified atom stereocenters. The Hall–Kier alpha value is -0.980. The van der Waals surface area contributed by atoms with Gasteiger partial charge in [-0.2, -0.15) is 4.31 Å². The molecule has 0 aliphatic rings. The van der Waals surface area contributed by atoms with Crippen molar-refractivity contribution in [1.82, 2.24) is 4.31 Å². The Bertz CT molecular complexity index is 515. The largest absolute Gasteiger partial charge is 0.398 e. The average molecular weight is 300 g/mol. The molecule has 0 amide bonds. The number of rotatable bonds is 8. The standard InChI is InChI=1S/C13H20N2O2S2/c1-3-9-15(4-2)19(16,17)11-10-18-13-8-6-5-7-12(13)14/h3,5-8H,1,4,9-11,14H2,2H3. The summed E-state index contributed by atoms with van der Waals surface area (Å²) in [5, 5.41) is 0. The Balaban J connectivity index is 2.56. The first-order valence-corrected chi connectivity index (χ1v) is 8.66. The van der Waals surface area contributed by atoms with Crippen LogP contribution >= 0.6 is 11.8 Å². The smallest absolute Gasteiger partial charge is 0.215 e. The van der Waals surface area contributed by atoms with Gasteiger partial charge in [-0.3, -0.25) is 0 Å². The molecule has 19 heavy (non-hydrogen) atoms. The molecule has 0 bridgehead atoms. The molecule has 1 aromatic rings. The van der Waals surface area contributed by atoms with E-state index in [1.165, 1.54) is 16.1 Å². The number of anilines is 1. The predicted molar refractivity (Wildman–Crippen MR) is 82.8 cm³/mol. The van der Waals surface area contributed by atoms with Crippen molar-refractivity contribution in [3.63, 3.8) is 0 Å². The summed E-state index contributed by atoms with van der Waals surface area (Å²) in [6.07, 6.45) is 1.60. The van der Waals surface area contributed by atoms with Crippen molar-refractivity contribution in [3.8, 4) is 0 Å². The fourth-order valence-electron chi connectivity index (χ4n) is 1.58. The highest BCUT2D eigenvalue weighted by Gasteiger charge is 2.18. The molecule has 0 saturated heterocycles. The number of sulfonamides is 1. The molecular weight excluding hydrogens is 280 g/mol. The van der Waals surface area contributed by atoms with Crippen LogP contribution in [0.25, 0.3) is 0 Å². The highest BCUT2D eigenvalue weighted by Crippen LogP contribution is 2.24. The van der Waals surface area contributed by atoms with Gasteiger partial charge in [0.15, 0.2) is 0 Å². The monoisotopic (exact) mass is 300 g/mol. The normalized spacial score (nSPS) is 11.7. The third-order valence-corrected chi connectivity index (χ3v) is 5.86. The lowest BCUT2D eigenvalue weighted by Gasteiger charge is -2.18. The van der Waals surface area contributed by atoms with E-state index in [4.69, 9.17) is 5.73 Å². The number of benzene rings is 1.